The van der Waals surface area contributed by atoms with E-state index in [-0.39, 0.29) is 17.1 Å². The number of nitrogens with one attached hydrogen (secondary N) is 1. The second kappa shape index (κ2) is 10.7. The maximum atomic E-state index is 13.8. The normalized spacial score (nSPS) is 18.9. The van der Waals surface area contributed by atoms with Crippen molar-refractivity contribution in [2.75, 3.05) is 16.8 Å². The molecule has 1 heterocycles. The van der Waals surface area contributed by atoms with Gasteiger partial charge in [0.05, 0.1) is 24.0 Å². The Kier molecular flexibility index (Phi) is 7.63. The molecule has 1 amide bonds. The Morgan fingerprint density at radius 3 is 2.49 bits per heavy atom. The van der Waals surface area contributed by atoms with Crippen LogP contribution in [0.15, 0.2) is 59.8 Å². The number of nitrogens with zero attached hydrogens (tertiary/aromatic N) is 1. The summed E-state index contributed by atoms with van der Waals surface area (Å²) >= 11 is 0. The van der Waals surface area contributed by atoms with Crippen LogP contribution in [0.25, 0.3) is 0 Å². The summed E-state index contributed by atoms with van der Waals surface area (Å²) in [6, 6.07) is 15.4. The molecule has 0 fully saturated rings. The molecule has 5 heteroatoms. The zero-order chi connectivity index (χ0) is 25.0. The number of carbonyl (C=O) groups excluding carboxylic acids is 2. The Morgan fingerprint density at radius 2 is 1.77 bits per heavy atom. The van der Waals surface area contributed by atoms with Crippen LogP contribution >= 0.6 is 0 Å². The molecule has 2 aromatic rings. The van der Waals surface area contributed by atoms with Crippen molar-refractivity contribution in [3.05, 3.63) is 65.4 Å². The van der Waals surface area contributed by atoms with Gasteiger partial charge >= 0.3 is 0 Å². The largest absolute Gasteiger partial charge is 0.494 e. The molecule has 0 saturated carbocycles. The number of allylic oxidation sites excluding steroid dienone is 1. The molecule has 0 aromatic heterocycles. The minimum absolute atomic E-state index is 0.0513. The molecular formula is C30H38N2O3. The number of rotatable bonds is 8. The number of Topliss-reactive ketones (excluding diaryl/α,β-unsaturated/α-hetero) is 1. The number of fused-ring (bicyclic) bond motifs is 1. The topological polar surface area (TPSA) is 58.6 Å². The highest BCUT2D eigenvalue weighted by Gasteiger charge is 2.43. The van der Waals surface area contributed by atoms with E-state index in [1.165, 1.54) is 0 Å². The fraction of sp³-hybridized carbons (Fsp3) is 0.467. The average molecular weight is 475 g/mol. The minimum Gasteiger partial charge on any atom is -0.494 e. The molecule has 1 aliphatic heterocycles. The van der Waals surface area contributed by atoms with Crippen molar-refractivity contribution in [1.29, 1.82) is 0 Å². The number of ketones is 1. The van der Waals surface area contributed by atoms with Gasteiger partial charge in [0.15, 0.2) is 5.78 Å². The van der Waals surface area contributed by atoms with Gasteiger partial charge in [0.25, 0.3) is 0 Å². The summed E-state index contributed by atoms with van der Waals surface area (Å²) in [6.45, 7) is 9.15. The maximum Gasteiger partial charge on any atom is 0.227 e. The van der Waals surface area contributed by atoms with E-state index >= 15 is 0 Å². The quantitative estimate of drug-likeness (QED) is 0.411. The van der Waals surface area contributed by atoms with E-state index in [0.717, 1.165) is 60.5 Å². The predicted molar refractivity (Wildman–Crippen MR) is 142 cm³/mol. The third-order valence-corrected chi connectivity index (χ3v) is 6.83. The second-order valence-electron chi connectivity index (χ2n) is 10.5. The highest BCUT2D eigenvalue weighted by atomic mass is 16.5. The lowest BCUT2D eigenvalue weighted by atomic mass is 9.73. The number of benzene rings is 2. The second-order valence-corrected chi connectivity index (χ2v) is 10.5. The molecule has 5 nitrogen and oxygen atoms in total. The van der Waals surface area contributed by atoms with Crippen molar-refractivity contribution in [2.45, 2.75) is 78.7 Å². The van der Waals surface area contributed by atoms with E-state index in [1.54, 1.807) is 0 Å². The first kappa shape index (κ1) is 25.0. The number of amides is 1. The van der Waals surface area contributed by atoms with Crippen LogP contribution in [0.4, 0.5) is 11.4 Å². The van der Waals surface area contributed by atoms with E-state index in [9.17, 15) is 9.59 Å². The molecule has 1 N–H and O–H groups in total. The lowest BCUT2D eigenvalue weighted by Crippen LogP contribution is -2.39. The van der Waals surface area contributed by atoms with Gasteiger partial charge in [-0.05, 0) is 54.5 Å². The van der Waals surface area contributed by atoms with Crippen molar-refractivity contribution >= 4 is 23.1 Å². The van der Waals surface area contributed by atoms with Crippen LogP contribution in [0.1, 0.15) is 84.2 Å². The Balaban J connectivity index is 1.86. The van der Waals surface area contributed by atoms with Crippen molar-refractivity contribution in [3.63, 3.8) is 0 Å². The SMILES string of the molecule is CCCCCC(=O)N1c2ccccc2NC2=C(C(=O)CC(C)(C)C2)C1c1ccc(OCCC)cc1. The number of para-hydroxylation sites is 2. The third-order valence-electron chi connectivity index (χ3n) is 6.83. The van der Waals surface area contributed by atoms with Gasteiger partial charge in [-0.15, -0.1) is 0 Å². The standard InChI is InChI=1S/C30H38N2O3/c1-5-7-8-13-27(34)32-25-12-10-9-11-23(25)31-24-19-30(3,4)20-26(33)28(24)29(32)21-14-16-22(17-15-21)35-18-6-2/h9-12,14-17,29,31H,5-8,13,18-20H2,1-4H3. The third kappa shape index (κ3) is 5.44. The molecule has 0 spiro atoms. The van der Waals surface area contributed by atoms with Gasteiger partial charge in [-0.1, -0.05) is 64.8 Å². The van der Waals surface area contributed by atoms with E-state index in [1.807, 2.05) is 53.4 Å². The zero-order valence-electron chi connectivity index (χ0n) is 21.5. The summed E-state index contributed by atoms with van der Waals surface area (Å²) in [7, 11) is 0. The predicted octanol–water partition coefficient (Wildman–Crippen LogP) is 7.20. The van der Waals surface area contributed by atoms with Crippen LogP contribution < -0.4 is 15.0 Å². The summed E-state index contributed by atoms with van der Waals surface area (Å²) in [6.07, 6.45) is 5.52. The van der Waals surface area contributed by atoms with Gasteiger partial charge in [-0.3, -0.25) is 14.5 Å². The Bertz CT molecular complexity index is 1100. The molecule has 0 radical (unpaired) electrons. The number of hydrogen-bond donors (Lipinski definition) is 1. The summed E-state index contributed by atoms with van der Waals surface area (Å²) in [5.74, 6) is 0.962. The van der Waals surface area contributed by atoms with Crippen molar-refractivity contribution in [1.82, 2.24) is 0 Å². The Labute approximate surface area is 209 Å². The van der Waals surface area contributed by atoms with Crippen LogP contribution in [-0.4, -0.2) is 18.3 Å². The van der Waals surface area contributed by atoms with Crippen LogP contribution in [-0.2, 0) is 9.59 Å². The lowest BCUT2D eigenvalue weighted by Gasteiger charge is -2.37. The van der Waals surface area contributed by atoms with Crippen LogP contribution in [0, 0.1) is 5.41 Å². The summed E-state index contributed by atoms with van der Waals surface area (Å²) < 4.78 is 5.80. The molecule has 2 aromatic carbocycles. The van der Waals surface area contributed by atoms with E-state index in [2.05, 4.69) is 33.0 Å². The molecule has 1 unspecified atom stereocenters. The average Bonchev–Trinajstić information content (AvgIpc) is 2.96. The number of carbonyl (C=O) groups is 2. The van der Waals surface area contributed by atoms with E-state index < -0.39 is 6.04 Å². The number of anilines is 2. The van der Waals surface area contributed by atoms with Gasteiger partial charge in [0.2, 0.25) is 5.91 Å². The Morgan fingerprint density at radius 1 is 1.03 bits per heavy atom. The van der Waals surface area contributed by atoms with Gasteiger partial charge in [0, 0.05) is 24.1 Å². The fourth-order valence-corrected chi connectivity index (χ4v) is 5.19. The molecular weight excluding hydrogens is 436 g/mol. The van der Waals surface area contributed by atoms with Crippen molar-refractivity contribution in [3.8, 4) is 5.75 Å². The summed E-state index contributed by atoms with van der Waals surface area (Å²) in [4.78, 5) is 29.4. The first-order valence-electron chi connectivity index (χ1n) is 13.0. The molecule has 186 valence electrons. The fourth-order valence-electron chi connectivity index (χ4n) is 5.19. The van der Waals surface area contributed by atoms with Crippen molar-refractivity contribution in [2.24, 2.45) is 5.41 Å². The van der Waals surface area contributed by atoms with Crippen LogP contribution in [0.3, 0.4) is 0 Å². The Hall–Kier alpha value is -3.08. The molecule has 0 bridgehead atoms. The minimum atomic E-state index is -0.473. The highest BCUT2D eigenvalue weighted by molar-refractivity contribution is 6.06. The summed E-state index contributed by atoms with van der Waals surface area (Å²) in [5, 5.41) is 3.58. The van der Waals surface area contributed by atoms with Gasteiger partial charge in [-0.25, -0.2) is 0 Å². The van der Waals surface area contributed by atoms with Crippen LogP contribution in [0.5, 0.6) is 5.75 Å². The van der Waals surface area contributed by atoms with E-state index in [0.29, 0.717) is 25.0 Å². The summed E-state index contributed by atoms with van der Waals surface area (Å²) in [5.41, 5.74) is 4.13. The van der Waals surface area contributed by atoms with Gasteiger partial charge < -0.3 is 10.1 Å². The first-order valence-corrected chi connectivity index (χ1v) is 13.0. The molecule has 0 saturated heterocycles. The zero-order valence-corrected chi connectivity index (χ0v) is 21.5. The first-order chi connectivity index (χ1) is 16.8. The maximum absolute atomic E-state index is 13.8. The molecule has 4 rings (SSSR count). The number of hydrogen-bond acceptors (Lipinski definition) is 4. The molecule has 1 aliphatic carbocycles. The van der Waals surface area contributed by atoms with Gasteiger partial charge in [-0.2, -0.15) is 0 Å². The monoisotopic (exact) mass is 474 g/mol. The van der Waals surface area contributed by atoms with Crippen LogP contribution in [0.2, 0.25) is 0 Å². The van der Waals surface area contributed by atoms with Crippen molar-refractivity contribution < 1.29 is 14.3 Å². The smallest absolute Gasteiger partial charge is 0.227 e. The lowest BCUT2D eigenvalue weighted by molar-refractivity contribution is -0.119. The highest BCUT2D eigenvalue weighted by Crippen LogP contribution is 2.48. The molecule has 1 atom stereocenters. The molecule has 35 heavy (non-hydrogen) atoms. The number of ether oxygens (including phenoxy) is 1. The van der Waals surface area contributed by atoms with Gasteiger partial charge in [0.1, 0.15) is 5.75 Å². The van der Waals surface area contributed by atoms with E-state index in [4.69, 9.17) is 4.74 Å². The number of unbranched alkanes of at least 4 members (excludes halogenated alkanes) is 2. The molecule has 2 aliphatic rings.